The molecule has 0 aliphatic heterocycles. The summed E-state index contributed by atoms with van der Waals surface area (Å²) < 4.78 is 5.99. The van der Waals surface area contributed by atoms with Crippen LogP contribution in [0.3, 0.4) is 0 Å². The normalized spacial score (nSPS) is 11.8. The van der Waals surface area contributed by atoms with E-state index in [2.05, 4.69) is 15.6 Å². The first kappa shape index (κ1) is 26.7. The van der Waals surface area contributed by atoms with Crippen molar-refractivity contribution in [1.82, 2.24) is 15.5 Å². The maximum Gasteiger partial charge on any atom is 0.253 e. The minimum atomic E-state index is -0.00461. The second-order valence-electron chi connectivity index (χ2n) is 7.17. The molecule has 6 nitrogen and oxygen atoms in total. The summed E-state index contributed by atoms with van der Waals surface area (Å²) in [5, 5.41) is 6.59. The zero-order valence-electron chi connectivity index (χ0n) is 19.1. The highest BCUT2D eigenvalue weighted by Gasteiger charge is 2.12. The van der Waals surface area contributed by atoms with Crippen molar-refractivity contribution in [3.8, 4) is 5.75 Å². The number of benzene rings is 2. The van der Waals surface area contributed by atoms with Gasteiger partial charge in [0.15, 0.2) is 5.96 Å². The third-order valence-corrected chi connectivity index (χ3v) is 4.91. The van der Waals surface area contributed by atoms with Crippen LogP contribution in [0.25, 0.3) is 0 Å². The summed E-state index contributed by atoms with van der Waals surface area (Å²) in [7, 11) is 1.74. The molecule has 2 aromatic rings. The quantitative estimate of drug-likeness (QED) is 0.285. The summed E-state index contributed by atoms with van der Waals surface area (Å²) >= 11 is 0. The minimum absolute atomic E-state index is 0. The van der Waals surface area contributed by atoms with Crippen molar-refractivity contribution < 1.29 is 9.53 Å². The van der Waals surface area contributed by atoms with Crippen LogP contribution in [0, 0.1) is 6.92 Å². The van der Waals surface area contributed by atoms with Gasteiger partial charge in [-0.2, -0.15) is 0 Å². The van der Waals surface area contributed by atoms with Gasteiger partial charge < -0.3 is 20.3 Å². The SMILES string of the molecule is CCN(CC)C(=O)c1ccc(CNC(=NC)NCC(C)Oc2ccccc2C)cc1.I. The molecule has 0 aliphatic carbocycles. The predicted molar refractivity (Wildman–Crippen MR) is 139 cm³/mol. The average Bonchev–Trinajstić information content (AvgIpc) is 2.76. The zero-order chi connectivity index (χ0) is 21.9. The van der Waals surface area contributed by atoms with Gasteiger partial charge in [0.05, 0.1) is 6.54 Å². The highest BCUT2D eigenvalue weighted by atomic mass is 127. The lowest BCUT2D eigenvalue weighted by atomic mass is 10.1. The number of guanidine groups is 1. The van der Waals surface area contributed by atoms with E-state index in [9.17, 15) is 4.79 Å². The lowest BCUT2D eigenvalue weighted by Gasteiger charge is -2.19. The zero-order valence-corrected chi connectivity index (χ0v) is 21.5. The number of hydrogen-bond donors (Lipinski definition) is 2. The predicted octanol–water partition coefficient (Wildman–Crippen LogP) is 4.23. The first-order chi connectivity index (χ1) is 14.5. The second kappa shape index (κ2) is 13.9. The van der Waals surface area contributed by atoms with Gasteiger partial charge in [-0.15, -0.1) is 24.0 Å². The number of rotatable bonds is 9. The number of amides is 1. The Kier molecular flexibility index (Phi) is 12.0. The molecule has 0 saturated carbocycles. The topological polar surface area (TPSA) is 66.0 Å². The van der Waals surface area contributed by atoms with Gasteiger partial charge in [-0.05, 0) is 57.0 Å². The number of para-hydroxylation sites is 1. The summed E-state index contributed by atoms with van der Waals surface area (Å²) in [6.45, 7) is 10.7. The molecule has 7 heteroatoms. The highest BCUT2D eigenvalue weighted by molar-refractivity contribution is 14.0. The van der Waals surface area contributed by atoms with Gasteiger partial charge in [0.2, 0.25) is 0 Å². The molecule has 2 N–H and O–H groups in total. The minimum Gasteiger partial charge on any atom is -0.489 e. The second-order valence-corrected chi connectivity index (χ2v) is 7.17. The fraction of sp³-hybridized carbons (Fsp3) is 0.417. The van der Waals surface area contributed by atoms with E-state index in [1.807, 2.05) is 81.1 Å². The number of nitrogens with one attached hydrogen (secondary N) is 2. The van der Waals surface area contributed by atoms with Gasteiger partial charge in [0, 0.05) is 32.2 Å². The number of halogens is 1. The van der Waals surface area contributed by atoms with Crippen molar-refractivity contribution in [2.24, 2.45) is 4.99 Å². The van der Waals surface area contributed by atoms with E-state index in [1.54, 1.807) is 7.05 Å². The number of ether oxygens (including phenoxy) is 1. The van der Waals surface area contributed by atoms with E-state index in [-0.39, 0.29) is 36.0 Å². The molecule has 0 aliphatic rings. The lowest BCUT2D eigenvalue weighted by Crippen LogP contribution is -2.41. The van der Waals surface area contributed by atoms with Gasteiger partial charge in [0.25, 0.3) is 5.91 Å². The van der Waals surface area contributed by atoms with Gasteiger partial charge in [-0.1, -0.05) is 30.3 Å². The largest absolute Gasteiger partial charge is 0.489 e. The molecule has 170 valence electrons. The molecular formula is C24H35IN4O2. The van der Waals surface area contributed by atoms with Crippen LogP contribution in [0.5, 0.6) is 5.75 Å². The van der Waals surface area contributed by atoms with Crippen LogP contribution in [0.15, 0.2) is 53.5 Å². The molecule has 0 bridgehead atoms. The van der Waals surface area contributed by atoms with Crippen LogP contribution in [0.4, 0.5) is 0 Å². The molecule has 0 aromatic heterocycles. The average molecular weight is 538 g/mol. The van der Waals surface area contributed by atoms with Gasteiger partial charge in [-0.3, -0.25) is 9.79 Å². The number of carbonyl (C=O) groups is 1. The van der Waals surface area contributed by atoms with Crippen molar-refractivity contribution in [1.29, 1.82) is 0 Å². The van der Waals surface area contributed by atoms with Gasteiger partial charge in [-0.25, -0.2) is 0 Å². The van der Waals surface area contributed by atoms with E-state index < -0.39 is 0 Å². The first-order valence-electron chi connectivity index (χ1n) is 10.5. The van der Waals surface area contributed by atoms with Crippen LogP contribution in [-0.4, -0.2) is 49.6 Å². The Balaban J connectivity index is 0.00000480. The fourth-order valence-electron chi connectivity index (χ4n) is 3.05. The molecule has 2 rings (SSSR count). The van der Waals surface area contributed by atoms with Crippen LogP contribution in [-0.2, 0) is 6.54 Å². The molecule has 0 radical (unpaired) electrons. The first-order valence-corrected chi connectivity index (χ1v) is 10.5. The molecule has 0 fully saturated rings. The Labute approximate surface area is 203 Å². The molecule has 0 heterocycles. The van der Waals surface area contributed by atoms with Gasteiger partial charge in [0.1, 0.15) is 11.9 Å². The smallest absolute Gasteiger partial charge is 0.253 e. The Morgan fingerprint density at radius 2 is 1.71 bits per heavy atom. The third-order valence-electron chi connectivity index (χ3n) is 4.91. The molecule has 0 saturated heterocycles. The van der Waals surface area contributed by atoms with Crippen molar-refractivity contribution in [3.63, 3.8) is 0 Å². The number of aryl methyl sites for hydroxylation is 1. The van der Waals surface area contributed by atoms with Crippen molar-refractivity contribution in [2.75, 3.05) is 26.7 Å². The van der Waals surface area contributed by atoms with Crippen LogP contribution >= 0.6 is 24.0 Å². The summed E-state index contributed by atoms with van der Waals surface area (Å²) in [6.07, 6.45) is -0.00461. The maximum atomic E-state index is 12.4. The number of nitrogens with zero attached hydrogens (tertiary/aromatic N) is 2. The molecule has 1 unspecified atom stereocenters. The summed E-state index contributed by atoms with van der Waals surface area (Å²) in [5.41, 5.74) is 2.92. The molecule has 2 aromatic carbocycles. The highest BCUT2D eigenvalue weighted by Crippen LogP contribution is 2.17. The monoisotopic (exact) mass is 538 g/mol. The Hall–Kier alpha value is -2.29. The van der Waals surface area contributed by atoms with Crippen LogP contribution in [0.1, 0.15) is 42.3 Å². The molecular weight excluding hydrogens is 503 g/mol. The molecule has 0 spiro atoms. The Morgan fingerprint density at radius 3 is 2.29 bits per heavy atom. The summed E-state index contributed by atoms with van der Waals surface area (Å²) in [6, 6.07) is 15.7. The van der Waals surface area contributed by atoms with E-state index in [1.165, 1.54) is 0 Å². The van der Waals surface area contributed by atoms with Crippen molar-refractivity contribution in [2.45, 2.75) is 40.3 Å². The van der Waals surface area contributed by atoms with Crippen molar-refractivity contribution >= 4 is 35.8 Å². The van der Waals surface area contributed by atoms with E-state index in [4.69, 9.17) is 4.74 Å². The van der Waals surface area contributed by atoms with Crippen LogP contribution in [0.2, 0.25) is 0 Å². The van der Waals surface area contributed by atoms with Gasteiger partial charge >= 0.3 is 0 Å². The third kappa shape index (κ3) is 8.40. The van der Waals surface area contributed by atoms with Crippen LogP contribution < -0.4 is 15.4 Å². The van der Waals surface area contributed by atoms with E-state index in [0.717, 1.165) is 16.9 Å². The maximum absolute atomic E-state index is 12.4. The summed E-state index contributed by atoms with van der Waals surface area (Å²) in [5.74, 6) is 1.67. The van der Waals surface area contributed by atoms with E-state index >= 15 is 0 Å². The number of carbonyl (C=O) groups excluding carboxylic acids is 1. The molecule has 31 heavy (non-hydrogen) atoms. The molecule has 1 amide bonds. The standard InChI is InChI=1S/C24H34N4O2.HI/c1-6-28(7-2)23(29)21-14-12-20(13-15-21)17-27-24(25-5)26-16-19(4)30-22-11-9-8-10-18(22)3;/h8-15,19H,6-7,16-17H2,1-5H3,(H2,25,26,27);1H. The number of hydrogen-bond acceptors (Lipinski definition) is 3. The molecule has 1 atom stereocenters. The van der Waals surface area contributed by atoms with E-state index in [0.29, 0.717) is 37.7 Å². The lowest BCUT2D eigenvalue weighted by molar-refractivity contribution is 0.0773. The fourth-order valence-corrected chi connectivity index (χ4v) is 3.05. The Bertz CT molecular complexity index is 836. The summed E-state index contributed by atoms with van der Waals surface area (Å²) in [4.78, 5) is 18.5. The Morgan fingerprint density at radius 1 is 1.06 bits per heavy atom. The number of aliphatic imine (C=N–C) groups is 1. The van der Waals surface area contributed by atoms with Crippen molar-refractivity contribution in [3.05, 3.63) is 65.2 Å².